The van der Waals surface area contributed by atoms with Crippen LogP contribution in [0.1, 0.15) is 39.0 Å². The van der Waals surface area contributed by atoms with Crippen molar-refractivity contribution in [1.82, 2.24) is 10.3 Å². The van der Waals surface area contributed by atoms with E-state index >= 15 is 0 Å². The number of aliphatic hydroxyl groups excluding tert-OH is 1. The Hall–Kier alpha value is -1.62. The number of nitrogens with one attached hydrogen (secondary N) is 1. The van der Waals surface area contributed by atoms with Crippen molar-refractivity contribution in [3.63, 3.8) is 0 Å². The van der Waals surface area contributed by atoms with Crippen molar-refractivity contribution in [2.45, 2.75) is 38.9 Å². The van der Waals surface area contributed by atoms with Crippen molar-refractivity contribution < 1.29 is 14.6 Å². The molecule has 5 heteroatoms. The van der Waals surface area contributed by atoms with E-state index in [0.717, 1.165) is 0 Å². The third-order valence-corrected chi connectivity index (χ3v) is 2.12. The summed E-state index contributed by atoms with van der Waals surface area (Å²) in [6.07, 6.45) is 0.868. The van der Waals surface area contributed by atoms with Crippen LogP contribution in [-0.4, -0.2) is 28.3 Å². The smallest absolute Gasteiger partial charge is 0.407 e. The van der Waals surface area contributed by atoms with Crippen LogP contribution in [-0.2, 0) is 4.74 Å². The van der Waals surface area contributed by atoms with Gasteiger partial charge in [0.25, 0.3) is 0 Å². The number of nitrogens with zero attached hydrogens (tertiary/aromatic N) is 1. The summed E-state index contributed by atoms with van der Waals surface area (Å²) in [4.78, 5) is 15.4. The van der Waals surface area contributed by atoms with Crippen LogP contribution in [0.5, 0.6) is 0 Å². The third kappa shape index (κ3) is 5.63. The Morgan fingerprint density at radius 2 is 2.22 bits per heavy atom. The van der Waals surface area contributed by atoms with Gasteiger partial charge in [0.1, 0.15) is 5.60 Å². The summed E-state index contributed by atoms with van der Waals surface area (Å²) in [7, 11) is 0. The van der Waals surface area contributed by atoms with Crippen LogP contribution in [0.3, 0.4) is 0 Å². The van der Waals surface area contributed by atoms with Gasteiger partial charge in [0.05, 0.1) is 11.8 Å². The van der Waals surface area contributed by atoms with Crippen molar-refractivity contribution in [3.05, 3.63) is 30.1 Å². The van der Waals surface area contributed by atoms with Gasteiger partial charge >= 0.3 is 6.09 Å². The highest BCUT2D eigenvalue weighted by molar-refractivity contribution is 5.67. The predicted octanol–water partition coefficient (Wildman–Crippen LogP) is 2.03. The fraction of sp³-hybridized carbons (Fsp3) is 0.538. The number of pyridine rings is 1. The molecule has 1 amide bonds. The molecular formula is C13H20N2O3. The van der Waals surface area contributed by atoms with Gasteiger partial charge in [-0.05, 0) is 39.3 Å². The summed E-state index contributed by atoms with van der Waals surface area (Å²) in [5.41, 5.74) is 0.0902. The highest BCUT2D eigenvalue weighted by Crippen LogP contribution is 2.12. The van der Waals surface area contributed by atoms with E-state index in [-0.39, 0.29) is 0 Å². The maximum Gasteiger partial charge on any atom is 0.407 e. The van der Waals surface area contributed by atoms with Gasteiger partial charge in [0.2, 0.25) is 0 Å². The van der Waals surface area contributed by atoms with E-state index in [0.29, 0.717) is 18.7 Å². The Morgan fingerprint density at radius 1 is 1.50 bits per heavy atom. The van der Waals surface area contributed by atoms with E-state index in [1.54, 1.807) is 39.1 Å². The number of carbonyl (C=O) groups is 1. The molecule has 1 atom stereocenters. The number of rotatable bonds is 4. The first-order valence-electron chi connectivity index (χ1n) is 5.94. The molecular weight excluding hydrogens is 232 g/mol. The molecule has 0 fully saturated rings. The number of hydrogen-bond donors (Lipinski definition) is 2. The van der Waals surface area contributed by atoms with Crippen LogP contribution in [0.25, 0.3) is 0 Å². The summed E-state index contributed by atoms with van der Waals surface area (Å²) >= 11 is 0. The summed E-state index contributed by atoms with van der Waals surface area (Å²) in [6.45, 7) is 5.74. The van der Waals surface area contributed by atoms with Gasteiger partial charge in [-0.2, -0.15) is 0 Å². The lowest BCUT2D eigenvalue weighted by atomic mass is 10.1. The summed E-state index contributed by atoms with van der Waals surface area (Å²) in [5, 5.41) is 12.4. The Labute approximate surface area is 107 Å². The molecule has 0 saturated carbocycles. The third-order valence-electron chi connectivity index (χ3n) is 2.12. The monoisotopic (exact) mass is 252 g/mol. The molecule has 1 aromatic rings. The molecule has 0 radical (unpaired) electrons. The SMILES string of the molecule is CC(C)(C)OC(=O)NCCC(O)c1ccccn1. The molecule has 0 bridgehead atoms. The lowest BCUT2D eigenvalue weighted by Crippen LogP contribution is -2.33. The van der Waals surface area contributed by atoms with Crippen LogP contribution in [0.2, 0.25) is 0 Å². The number of aliphatic hydroxyl groups is 1. The molecule has 0 aliphatic carbocycles. The van der Waals surface area contributed by atoms with Crippen molar-refractivity contribution in [2.75, 3.05) is 6.54 Å². The average molecular weight is 252 g/mol. The van der Waals surface area contributed by atoms with Gasteiger partial charge in [-0.15, -0.1) is 0 Å². The minimum absolute atomic E-state index is 0.340. The second-order valence-corrected chi connectivity index (χ2v) is 4.99. The summed E-state index contributed by atoms with van der Waals surface area (Å²) < 4.78 is 5.08. The van der Waals surface area contributed by atoms with Gasteiger partial charge < -0.3 is 15.2 Å². The number of alkyl carbamates (subject to hydrolysis) is 1. The Bertz CT molecular complexity index is 374. The van der Waals surface area contributed by atoms with Gasteiger partial charge in [0, 0.05) is 12.7 Å². The van der Waals surface area contributed by atoms with Crippen LogP contribution < -0.4 is 5.32 Å². The molecule has 0 spiro atoms. The Balaban J connectivity index is 2.28. The van der Waals surface area contributed by atoms with E-state index < -0.39 is 17.8 Å². The first kappa shape index (κ1) is 14.4. The molecule has 5 nitrogen and oxygen atoms in total. The van der Waals surface area contributed by atoms with E-state index in [1.807, 2.05) is 6.07 Å². The zero-order valence-electron chi connectivity index (χ0n) is 11.0. The Morgan fingerprint density at radius 3 is 2.78 bits per heavy atom. The molecule has 1 heterocycles. The zero-order valence-corrected chi connectivity index (χ0v) is 11.0. The largest absolute Gasteiger partial charge is 0.444 e. The van der Waals surface area contributed by atoms with E-state index in [4.69, 9.17) is 4.74 Å². The standard InChI is InChI=1S/C13H20N2O3/c1-13(2,3)18-12(17)15-9-7-11(16)10-6-4-5-8-14-10/h4-6,8,11,16H,7,9H2,1-3H3,(H,15,17). The molecule has 2 N–H and O–H groups in total. The highest BCUT2D eigenvalue weighted by atomic mass is 16.6. The maximum atomic E-state index is 11.3. The van der Waals surface area contributed by atoms with Crippen LogP contribution >= 0.6 is 0 Å². The minimum atomic E-state index is -0.680. The average Bonchev–Trinajstić information content (AvgIpc) is 2.27. The number of amides is 1. The zero-order chi connectivity index (χ0) is 13.6. The molecule has 18 heavy (non-hydrogen) atoms. The minimum Gasteiger partial charge on any atom is -0.444 e. The lowest BCUT2D eigenvalue weighted by Gasteiger charge is -2.20. The molecule has 0 aromatic carbocycles. The fourth-order valence-electron chi connectivity index (χ4n) is 1.35. The molecule has 0 aliphatic rings. The number of carbonyl (C=O) groups excluding carboxylic acids is 1. The maximum absolute atomic E-state index is 11.3. The Kier molecular flexibility index (Phi) is 5.09. The van der Waals surface area contributed by atoms with Gasteiger partial charge in [-0.25, -0.2) is 4.79 Å². The molecule has 1 unspecified atom stereocenters. The van der Waals surface area contributed by atoms with Crippen LogP contribution in [0, 0.1) is 0 Å². The van der Waals surface area contributed by atoms with Crippen LogP contribution in [0.15, 0.2) is 24.4 Å². The quantitative estimate of drug-likeness (QED) is 0.860. The molecule has 0 saturated heterocycles. The van der Waals surface area contributed by atoms with Crippen molar-refractivity contribution in [3.8, 4) is 0 Å². The van der Waals surface area contributed by atoms with Gasteiger partial charge in [-0.1, -0.05) is 6.07 Å². The highest BCUT2D eigenvalue weighted by Gasteiger charge is 2.16. The van der Waals surface area contributed by atoms with E-state index in [9.17, 15) is 9.90 Å². The number of ether oxygens (including phenoxy) is 1. The summed E-state index contributed by atoms with van der Waals surface area (Å²) in [5.74, 6) is 0. The van der Waals surface area contributed by atoms with Crippen molar-refractivity contribution in [2.24, 2.45) is 0 Å². The number of hydrogen-bond acceptors (Lipinski definition) is 4. The van der Waals surface area contributed by atoms with Crippen molar-refractivity contribution >= 4 is 6.09 Å². The second kappa shape index (κ2) is 6.35. The van der Waals surface area contributed by atoms with Gasteiger partial charge in [0.15, 0.2) is 0 Å². The van der Waals surface area contributed by atoms with E-state index in [1.165, 1.54) is 0 Å². The topological polar surface area (TPSA) is 71.5 Å². The first-order valence-corrected chi connectivity index (χ1v) is 5.94. The summed E-state index contributed by atoms with van der Waals surface area (Å²) in [6, 6.07) is 5.35. The van der Waals surface area contributed by atoms with Gasteiger partial charge in [-0.3, -0.25) is 4.98 Å². The van der Waals surface area contributed by atoms with E-state index in [2.05, 4.69) is 10.3 Å². The van der Waals surface area contributed by atoms with Crippen LogP contribution in [0.4, 0.5) is 4.79 Å². The fourth-order valence-corrected chi connectivity index (χ4v) is 1.35. The second-order valence-electron chi connectivity index (χ2n) is 4.99. The lowest BCUT2D eigenvalue weighted by molar-refractivity contribution is 0.0518. The van der Waals surface area contributed by atoms with Crippen molar-refractivity contribution in [1.29, 1.82) is 0 Å². The number of aromatic nitrogens is 1. The molecule has 100 valence electrons. The molecule has 0 aliphatic heterocycles. The first-order chi connectivity index (χ1) is 8.38. The normalized spacial score (nSPS) is 12.9. The predicted molar refractivity (Wildman–Crippen MR) is 68.1 cm³/mol. The molecule has 1 aromatic heterocycles. The molecule has 1 rings (SSSR count).